The van der Waals surface area contributed by atoms with Crippen molar-refractivity contribution in [2.45, 2.75) is 38.5 Å². The van der Waals surface area contributed by atoms with Crippen molar-refractivity contribution < 1.29 is 0 Å². The number of alkyl halides is 1. The Morgan fingerprint density at radius 2 is 1.80 bits per heavy atom. The van der Waals surface area contributed by atoms with E-state index in [1.165, 1.54) is 17.5 Å². The van der Waals surface area contributed by atoms with Crippen molar-refractivity contribution in [2.24, 2.45) is 5.92 Å². The Morgan fingerprint density at radius 1 is 1.20 bits per heavy atom. The fourth-order valence-corrected chi connectivity index (χ4v) is 2.77. The first kappa shape index (κ1) is 11.2. The molecule has 0 bridgehead atoms. The lowest BCUT2D eigenvalue weighted by atomic mass is 9.86. The van der Waals surface area contributed by atoms with Crippen LogP contribution in [-0.2, 0) is 5.41 Å². The van der Waals surface area contributed by atoms with Crippen LogP contribution in [0.5, 0.6) is 0 Å². The van der Waals surface area contributed by atoms with E-state index in [0.29, 0.717) is 0 Å². The summed E-state index contributed by atoms with van der Waals surface area (Å²) in [4.78, 5) is 0. The highest BCUT2D eigenvalue weighted by atomic mass is 79.9. The van der Waals surface area contributed by atoms with Gasteiger partial charge in [0.05, 0.1) is 0 Å². The number of hydrogen-bond acceptors (Lipinski definition) is 0. The molecule has 15 heavy (non-hydrogen) atoms. The van der Waals surface area contributed by atoms with Crippen molar-refractivity contribution in [1.82, 2.24) is 0 Å². The lowest BCUT2D eigenvalue weighted by Crippen LogP contribution is -2.10. The zero-order chi connectivity index (χ0) is 11.1. The minimum absolute atomic E-state index is 0.275. The summed E-state index contributed by atoms with van der Waals surface area (Å²) in [5.41, 5.74) is 3.23. The first-order valence-corrected chi connectivity index (χ1v) is 6.81. The standard InChI is InChI=1S/C14H19Br/c1-14(2,3)12-6-4-10(5-7-12)13-8-11(13)9-15/h4-7,11,13H,8-9H2,1-3H3. The number of hydrogen-bond donors (Lipinski definition) is 0. The Morgan fingerprint density at radius 3 is 2.20 bits per heavy atom. The minimum atomic E-state index is 0.275. The van der Waals surface area contributed by atoms with E-state index in [1.54, 1.807) is 0 Å². The van der Waals surface area contributed by atoms with Gasteiger partial charge in [0.15, 0.2) is 0 Å². The van der Waals surface area contributed by atoms with Crippen LogP contribution in [0.25, 0.3) is 0 Å². The van der Waals surface area contributed by atoms with Crippen LogP contribution in [0.4, 0.5) is 0 Å². The number of rotatable bonds is 2. The maximum atomic E-state index is 3.56. The van der Waals surface area contributed by atoms with Crippen LogP contribution in [0, 0.1) is 5.92 Å². The van der Waals surface area contributed by atoms with E-state index in [2.05, 4.69) is 61.0 Å². The number of benzene rings is 1. The van der Waals surface area contributed by atoms with E-state index in [4.69, 9.17) is 0 Å². The molecule has 0 radical (unpaired) electrons. The van der Waals surface area contributed by atoms with Crippen LogP contribution in [0.15, 0.2) is 24.3 Å². The third kappa shape index (κ3) is 2.44. The van der Waals surface area contributed by atoms with Gasteiger partial charge < -0.3 is 0 Å². The van der Waals surface area contributed by atoms with Gasteiger partial charge in [0.1, 0.15) is 0 Å². The molecule has 0 N–H and O–H groups in total. The first-order valence-electron chi connectivity index (χ1n) is 5.69. The summed E-state index contributed by atoms with van der Waals surface area (Å²) >= 11 is 3.56. The quantitative estimate of drug-likeness (QED) is 0.693. The van der Waals surface area contributed by atoms with Crippen LogP contribution < -0.4 is 0 Å². The summed E-state index contributed by atoms with van der Waals surface area (Å²) in [6.07, 6.45) is 1.36. The molecule has 0 saturated heterocycles. The average molecular weight is 267 g/mol. The molecule has 0 nitrogen and oxygen atoms in total. The van der Waals surface area contributed by atoms with Crippen molar-refractivity contribution in [3.05, 3.63) is 35.4 Å². The fourth-order valence-electron chi connectivity index (χ4n) is 2.06. The molecule has 1 aliphatic carbocycles. The zero-order valence-electron chi connectivity index (χ0n) is 9.76. The Kier molecular flexibility index (Phi) is 2.94. The summed E-state index contributed by atoms with van der Waals surface area (Å²) in [5.74, 6) is 1.70. The zero-order valence-corrected chi connectivity index (χ0v) is 11.3. The summed E-state index contributed by atoms with van der Waals surface area (Å²) in [7, 11) is 0. The Balaban J connectivity index is 2.12. The molecule has 2 rings (SSSR count). The first-order chi connectivity index (χ1) is 7.02. The molecule has 1 aliphatic rings. The van der Waals surface area contributed by atoms with Gasteiger partial charge in [-0.1, -0.05) is 61.0 Å². The summed E-state index contributed by atoms with van der Waals surface area (Å²) in [6.45, 7) is 6.79. The summed E-state index contributed by atoms with van der Waals surface area (Å²) < 4.78 is 0. The maximum absolute atomic E-state index is 3.56. The van der Waals surface area contributed by atoms with Crippen LogP contribution in [0.1, 0.15) is 44.2 Å². The highest BCUT2D eigenvalue weighted by Crippen LogP contribution is 2.48. The summed E-state index contributed by atoms with van der Waals surface area (Å²) in [6, 6.07) is 9.21. The highest BCUT2D eigenvalue weighted by molar-refractivity contribution is 9.09. The second kappa shape index (κ2) is 3.93. The Hall–Kier alpha value is -0.300. The molecular weight excluding hydrogens is 248 g/mol. The van der Waals surface area contributed by atoms with Crippen LogP contribution >= 0.6 is 15.9 Å². The molecule has 1 heteroatoms. The van der Waals surface area contributed by atoms with E-state index < -0.39 is 0 Å². The third-order valence-corrected chi connectivity index (χ3v) is 4.16. The minimum Gasteiger partial charge on any atom is -0.0925 e. The SMILES string of the molecule is CC(C)(C)c1ccc(C2CC2CBr)cc1. The molecule has 0 heterocycles. The van der Waals surface area contributed by atoms with Crippen LogP contribution in [0.2, 0.25) is 0 Å². The Labute approximate surface area is 101 Å². The van der Waals surface area contributed by atoms with E-state index in [-0.39, 0.29) is 5.41 Å². The molecule has 0 spiro atoms. The third-order valence-electron chi connectivity index (χ3n) is 3.33. The van der Waals surface area contributed by atoms with Crippen molar-refractivity contribution in [1.29, 1.82) is 0 Å². The summed E-state index contributed by atoms with van der Waals surface area (Å²) in [5, 5.41) is 1.15. The number of halogens is 1. The van der Waals surface area contributed by atoms with Gasteiger partial charge in [-0.15, -0.1) is 0 Å². The largest absolute Gasteiger partial charge is 0.0925 e. The monoisotopic (exact) mass is 266 g/mol. The molecule has 1 saturated carbocycles. The van der Waals surface area contributed by atoms with Gasteiger partial charge in [0, 0.05) is 5.33 Å². The van der Waals surface area contributed by atoms with Crippen molar-refractivity contribution in [3.8, 4) is 0 Å². The predicted octanol–water partition coefficient (Wildman–Crippen LogP) is 4.48. The smallest absolute Gasteiger partial charge is 0.00657 e. The van der Waals surface area contributed by atoms with Crippen LogP contribution in [-0.4, -0.2) is 5.33 Å². The van der Waals surface area contributed by atoms with Gasteiger partial charge in [-0.25, -0.2) is 0 Å². The molecule has 82 valence electrons. The van der Waals surface area contributed by atoms with Gasteiger partial charge in [-0.2, -0.15) is 0 Å². The average Bonchev–Trinajstić information content (AvgIpc) is 2.95. The van der Waals surface area contributed by atoms with Gasteiger partial charge in [-0.3, -0.25) is 0 Å². The molecular formula is C14H19Br. The van der Waals surface area contributed by atoms with E-state index >= 15 is 0 Å². The van der Waals surface area contributed by atoms with Gasteiger partial charge in [-0.05, 0) is 34.8 Å². The van der Waals surface area contributed by atoms with Gasteiger partial charge in [0.2, 0.25) is 0 Å². The van der Waals surface area contributed by atoms with Crippen molar-refractivity contribution in [3.63, 3.8) is 0 Å². The topological polar surface area (TPSA) is 0 Å². The van der Waals surface area contributed by atoms with E-state index in [0.717, 1.165) is 17.2 Å². The van der Waals surface area contributed by atoms with E-state index in [1.807, 2.05) is 0 Å². The molecule has 0 aromatic heterocycles. The Bertz CT molecular complexity index is 331. The molecule has 2 unspecified atom stereocenters. The van der Waals surface area contributed by atoms with E-state index in [9.17, 15) is 0 Å². The lowest BCUT2D eigenvalue weighted by Gasteiger charge is -2.19. The normalized spacial score (nSPS) is 25.3. The molecule has 1 fully saturated rings. The van der Waals surface area contributed by atoms with Crippen LogP contribution in [0.3, 0.4) is 0 Å². The molecule has 1 aromatic carbocycles. The van der Waals surface area contributed by atoms with Crippen molar-refractivity contribution in [2.75, 3.05) is 5.33 Å². The maximum Gasteiger partial charge on any atom is 0.00657 e. The molecule has 2 atom stereocenters. The second-order valence-electron chi connectivity index (χ2n) is 5.63. The van der Waals surface area contributed by atoms with Crippen molar-refractivity contribution >= 4 is 15.9 Å². The predicted molar refractivity (Wildman–Crippen MR) is 69.8 cm³/mol. The highest BCUT2D eigenvalue weighted by Gasteiger charge is 2.36. The lowest BCUT2D eigenvalue weighted by molar-refractivity contribution is 0.590. The molecule has 0 aliphatic heterocycles. The van der Waals surface area contributed by atoms with Gasteiger partial charge in [0.25, 0.3) is 0 Å². The second-order valence-corrected chi connectivity index (χ2v) is 6.28. The molecule has 1 aromatic rings. The van der Waals surface area contributed by atoms with Gasteiger partial charge >= 0.3 is 0 Å². The molecule has 0 amide bonds. The fraction of sp³-hybridized carbons (Fsp3) is 0.571.